The van der Waals surface area contributed by atoms with Gasteiger partial charge >= 0.3 is 6.18 Å². The van der Waals surface area contributed by atoms with E-state index in [1.165, 1.54) is 0 Å². The highest BCUT2D eigenvalue weighted by Crippen LogP contribution is 2.37. The molecule has 3 unspecified atom stereocenters. The highest BCUT2D eigenvalue weighted by molar-refractivity contribution is 5.00. The van der Waals surface area contributed by atoms with Crippen LogP contribution in [0.2, 0.25) is 0 Å². The fraction of sp³-hybridized carbons (Fsp3) is 0.846. The molecule has 1 N–H and O–H groups in total. The van der Waals surface area contributed by atoms with Crippen molar-refractivity contribution in [2.75, 3.05) is 0 Å². The predicted octanol–water partition coefficient (Wildman–Crippen LogP) is 3.50. The topological polar surface area (TPSA) is 12.0 Å². The molecule has 0 aromatic rings. The Hall–Kier alpha value is -0.690. The lowest BCUT2D eigenvalue weighted by Gasteiger charge is -2.32. The average Bonchev–Trinajstić information content (AvgIpc) is 2.28. The Labute approximate surface area is 101 Å². The van der Waals surface area contributed by atoms with Crippen molar-refractivity contribution in [3.05, 3.63) is 0 Å². The molecule has 0 aromatic carbocycles. The monoisotopic (exact) mass is 247 g/mol. The van der Waals surface area contributed by atoms with E-state index in [9.17, 15) is 13.2 Å². The van der Waals surface area contributed by atoms with E-state index in [2.05, 4.69) is 11.2 Å². The average molecular weight is 247 g/mol. The summed E-state index contributed by atoms with van der Waals surface area (Å²) in [7, 11) is 0. The Morgan fingerprint density at radius 2 is 2.12 bits per heavy atom. The quantitative estimate of drug-likeness (QED) is 0.750. The van der Waals surface area contributed by atoms with E-state index in [0.29, 0.717) is 6.42 Å². The van der Waals surface area contributed by atoms with Crippen molar-refractivity contribution in [1.29, 1.82) is 0 Å². The molecule has 0 amide bonds. The van der Waals surface area contributed by atoms with Gasteiger partial charge in [0.2, 0.25) is 0 Å². The second-order valence-corrected chi connectivity index (χ2v) is 4.78. The molecule has 0 aromatic heterocycles. The third-order valence-electron chi connectivity index (χ3n) is 3.35. The normalized spacial score (nSPS) is 27.5. The van der Waals surface area contributed by atoms with E-state index < -0.39 is 12.1 Å². The van der Waals surface area contributed by atoms with Gasteiger partial charge < -0.3 is 5.32 Å². The molecule has 0 spiro atoms. The summed E-state index contributed by atoms with van der Waals surface area (Å²) in [5.41, 5.74) is 0. The zero-order valence-corrected chi connectivity index (χ0v) is 10.2. The highest BCUT2D eigenvalue weighted by Gasteiger charge is 2.42. The van der Waals surface area contributed by atoms with E-state index in [1.807, 2.05) is 6.92 Å². The fourth-order valence-corrected chi connectivity index (χ4v) is 2.43. The van der Waals surface area contributed by atoms with Crippen molar-refractivity contribution in [3.8, 4) is 12.3 Å². The van der Waals surface area contributed by atoms with Gasteiger partial charge in [0.05, 0.1) is 12.0 Å². The van der Waals surface area contributed by atoms with Crippen LogP contribution in [0.25, 0.3) is 0 Å². The minimum atomic E-state index is -4.06. The molecule has 1 aliphatic carbocycles. The molecular weight excluding hydrogens is 227 g/mol. The van der Waals surface area contributed by atoms with Crippen LogP contribution in [0.5, 0.6) is 0 Å². The van der Waals surface area contributed by atoms with Gasteiger partial charge in [0.25, 0.3) is 0 Å². The SMILES string of the molecule is C#CC(CCC)NC1CCCC(C(F)(F)F)C1. The molecule has 98 valence electrons. The number of terminal acetylenes is 1. The minimum Gasteiger partial charge on any atom is -0.301 e. The third kappa shape index (κ3) is 4.59. The van der Waals surface area contributed by atoms with E-state index >= 15 is 0 Å². The second-order valence-electron chi connectivity index (χ2n) is 4.78. The Morgan fingerprint density at radius 3 is 2.65 bits per heavy atom. The van der Waals surface area contributed by atoms with Crippen LogP contribution in [-0.4, -0.2) is 18.3 Å². The van der Waals surface area contributed by atoms with Crippen LogP contribution < -0.4 is 5.32 Å². The molecule has 1 nitrogen and oxygen atoms in total. The predicted molar refractivity (Wildman–Crippen MR) is 62.5 cm³/mol. The zero-order chi connectivity index (χ0) is 12.9. The molecule has 0 heterocycles. The van der Waals surface area contributed by atoms with E-state index in [4.69, 9.17) is 6.42 Å². The van der Waals surface area contributed by atoms with Crippen molar-refractivity contribution < 1.29 is 13.2 Å². The maximum atomic E-state index is 12.6. The van der Waals surface area contributed by atoms with Gasteiger partial charge in [-0.15, -0.1) is 6.42 Å². The fourth-order valence-electron chi connectivity index (χ4n) is 2.43. The van der Waals surface area contributed by atoms with Crippen LogP contribution in [0.1, 0.15) is 45.4 Å². The number of hydrogen-bond donors (Lipinski definition) is 1. The van der Waals surface area contributed by atoms with Crippen LogP contribution in [-0.2, 0) is 0 Å². The molecule has 0 aliphatic heterocycles. The van der Waals surface area contributed by atoms with Crippen LogP contribution in [0.4, 0.5) is 13.2 Å². The van der Waals surface area contributed by atoms with Crippen molar-refractivity contribution in [1.82, 2.24) is 5.32 Å². The first kappa shape index (κ1) is 14.4. The largest absolute Gasteiger partial charge is 0.391 e. The van der Waals surface area contributed by atoms with Crippen LogP contribution >= 0.6 is 0 Å². The highest BCUT2D eigenvalue weighted by atomic mass is 19.4. The number of alkyl halides is 3. The van der Waals surface area contributed by atoms with Crippen LogP contribution in [0.15, 0.2) is 0 Å². The van der Waals surface area contributed by atoms with Crippen LogP contribution in [0.3, 0.4) is 0 Å². The number of rotatable bonds is 4. The smallest absolute Gasteiger partial charge is 0.301 e. The first-order valence-electron chi connectivity index (χ1n) is 6.26. The van der Waals surface area contributed by atoms with Crippen molar-refractivity contribution in [2.45, 2.75) is 63.7 Å². The van der Waals surface area contributed by atoms with Gasteiger partial charge in [-0.3, -0.25) is 0 Å². The van der Waals surface area contributed by atoms with Crippen LogP contribution in [0, 0.1) is 18.3 Å². The summed E-state index contributed by atoms with van der Waals surface area (Å²) in [5.74, 6) is 1.45. The summed E-state index contributed by atoms with van der Waals surface area (Å²) in [6.07, 6.45) is 4.93. The first-order chi connectivity index (χ1) is 7.97. The number of hydrogen-bond acceptors (Lipinski definition) is 1. The standard InChI is InChI=1S/C13H20F3N/c1-3-6-11(4-2)17-12-8-5-7-10(9-12)13(14,15)16/h2,10-12,17H,3,5-9H2,1H3. The molecule has 1 rings (SSSR count). The Morgan fingerprint density at radius 1 is 1.41 bits per heavy atom. The molecule has 1 aliphatic rings. The molecule has 0 saturated heterocycles. The lowest BCUT2D eigenvalue weighted by molar-refractivity contribution is -0.183. The van der Waals surface area contributed by atoms with Gasteiger partial charge in [-0.05, 0) is 25.7 Å². The van der Waals surface area contributed by atoms with Gasteiger partial charge in [0, 0.05) is 6.04 Å². The van der Waals surface area contributed by atoms with Crippen molar-refractivity contribution in [2.24, 2.45) is 5.92 Å². The molecular formula is C13H20F3N. The summed E-state index contributed by atoms with van der Waals surface area (Å²) in [5, 5.41) is 3.17. The molecule has 3 atom stereocenters. The summed E-state index contributed by atoms with van der Waals surface area (Å²) >= 11 is 0. The number of nitrogens with one attached hydrogen (secondary N) is 1. The van der Waals surface area contributed by atoms with Gasteiger partial charge in [0.1, 0.15) is 0 Å². The Kier molecular flexibility index (Phi) is 5.32. The maximum Gasteiger partial charge on any atom is 0.391 e. The minimum absolute atomic E-state index is 0.0806. The third-order valence-corrected chi connectivity index (χ3v) is 3.35. The summed E-state index contributed by atoms with van der Waals surface area (Å²) < 4.78 is 37.8. The molecule has 1 saturated carbocycles. The maximum absolute atomic E-state index is 12.6. The molecule has 0 bridgehead atoms. The van der Waals surface area contributed by atoms with Crippen molar-refractivity contribution in [3.63, 3.8) is 0 Å². The van der Waals surface area contributed by atoms with Gasteiger partial charge in [-0.2, -0.15) is 13.2 Å². The Bertz CT molecular complexity index is 267. The van der Waals surface area contributed by atoms with Gasteiger partial charge in [0.15, 0.2) is 0 Å². The molecule has 17 heavy (non-hydrogen) atoms. The summed E-state index contributed by atoms with van der Waals surface area (Å²) in [6, 6.07) is -0.167. The molecule has 0 radical (unpaired) electrons. The van der Waals surface area contributed by atoms with E-state index in [0.717, 1.165) is 19.3 Å². The lowest BCUT2D eigenvalue weighted by Crippen LogP contribution is -2.43. The Balaban J connectivity index is 2.47. The lowest BCUT2D eigenvalue weighted by atomic mass is 9.85. The summed E-state index contributed by atoms with van der Waals surface area (Å²) in [6.45, 7) is 2.02. The first-order valence-corrected chi connectivity index (χ1v) is 6.26. The zero-order valence-electron chi connectivity index (χ0n) is 10.2. The molecule has 4 heteroatoms. The second kappa shape index (κ2) is 6.30. The van der Waals surface area contributed by atoms with Gasteiger partial charge in [-0.1, -0.05) is 25.7 Å². The van der Waals surface area contributed by atoms with E-state index in [1.54, 1.807) is 0 Å². The number of halogens is 3. The van der Waals surface area contributed by atoms with Gasteiger partial charge in [-0.25, -0.2) is 0 Å². The molecule has 1 fully saturated rings. The van der Waals surface area contributed by atoms with Crippen molar-refractivity contribution >= 4 is 0 Å². The summed E-state index contributed by atoms with van der Waals surface area (Å²) in [4.78, 5) is 0. The van der Waals surface area contributed by atoms with E-state index in [-0.39, 0.29) is 24.9 Å².